The van der Waals surface area contributed by atoms with Crippen LogP contribution < -0.4 is 5.32 Å². The van der Waals surface area contributed by atoms with Crippen molar-refractivity contribution >= 4 is 34.0 Å². The molecule has 6 heteroatoms. The molecule has 0 aliphatic heterocycles. The number of thiazole rings is 1. The molecule has 0 radical (unpaired) electrons. The molecule has 0 unspecified atom stereocenters. The Hall–Kier alpha value is -2.24. The molecule has 24 heavy (non-hydrogen) atoms. The molecule has 0 fully saturated rings. The lowest BCUT2D eigenvalue weighted by Crippen LogP contribution is -2.13. The first kappa shape index (κ1) is 16.6. The van der Waals surface area contributed by atoms with Crippen LogP contribution in [0.4, 0.5) is 5.13 Å². The molecule has 3 rings (SSSR count). The number of rotatable bonds is 4. The van der Waals surface area contributed by atoms with Crippen molar-refractivity contribution < 1.29 is 4.79 Å². The summed E-state index contributed by atoms with van der Waals surface area (Å²) in [6.45, 7) is 3.84. The van der Waals surface area contributed by atoms with E-state index in [1.54, 1.807) is 12.3 Å². The second-order valence-electron chi connectivity index (χ2n) is 5.47. The van der Waals surface area contributed by atoms with Gasteiger partial charge in [-0.1, -0.05) is 35.9 Å². The number of nitrogens with one attached hydrogen (secondary N) is 1. The Morgan fingerprint density at radius 1 is 1.21 bits per heavy atom. The Labute approximate surface area is 149 Å². The maximum absolute atomic E-state index is 12.2. The summed E-state index contributed by atoms with van der Waals surface area (Å²) < 4.78 is 0. The van der Waals surface area contributed by atoms with Crippen LogP contribution in [0.3, 0.4) is 0 Å². The molecule has 0 bridgehead atoms. The van der Waals surface area contributed by atoms with Gasteiger partial charge in [-0.05, 0) is 37.1 Å². The van der Waals surface area contributed by atoms with Crippen LogP contribution in [0.25, 0.3) is 0 Å². The van der Waals surface area contributed by atoms with Crippen LogP contribution >= 0.6 is 22.9 Å². The fourth-order valence-corrected chi connectivity index (χ4v) is 3.33. The van der Waals surface area contributed by atoms with Crippen molar-refractivity contribution in [3.8, 4) is 0 Å². The van der Waals surface area contributed by atoms with Gasteiger partial charge in [0.15, 0.2) is 5.13 Å². The second kappa shape index (κ2) is 7.11. The highest BCUT2D eigenvalue weighted by Crippen LogP contribution is 2.26. The SMILES string of the molecule is Cc1cccc(C(=O)Nc2ncc(Cc3cccc(C)c3Cl)s2)n1. The molecule has 0 spiro atoms. The number of anilines is 1. The van der Waals surface area contributed by atoms with Crippen LogP contribution in [0.2, 0.25) is 5.02 Å². The number of aromatic nitrogens is 2. The lowest BCUT2D eigenvalue weighted by molar-refractivity contribution is 0.102. The van der Waals surface area contributed by atoms with Crippen molar-refractivity contribution in [2.45, 2.75) is 20.3 Å². The molecular weight excluding hydrogens is 342 g/mol. The maximum atomic E-state index is 12.2. The Balaban J connectivity index is 1.72. The molecule has 0 saturated carbocycles. The molecule has 2 aromatic heterocycles. The first-order valence-electron chi connectivity index (χ1n) is 7.46. The standard InChI is InChI=1S/C18H16ClN3OS/c1-11-5-3-7-13(16(11)19)9-14-10-20-18(24-14)22-17(23)15-8-4-6-12(2)21-15/h3-8,10H,9H2,1-2H3,(H,20,22,23). The average molecular weight is 358 g/mol. The molecule has 0 atom stereocenters. The molecule has 1 N–H and O–H groups in total. The predicted octanol–water partition coefficient (Wildman–Crippen LogP) is 4.65. The molecule has 0 saturated heterocycles. The summed E-state index contributed by atoms with van der Waals surface area (Å²) in [7, 11) is 0. The number of benzene rings is 1. The molecular formula is C18H16ClN3OS. The van der Waals surface area contributed by atoms with E-state index in [4.69, 9.17) is 11.6 Å². The van der Waals surface area contributed by atoms with Gasteiger partial charge >= 0.3 is 0 Å². The number of aryl methyl sites for hydroxylation is 2. The monoisotopic (exact) mass is 357 g/mol. The summed E-state index contributed by atoms with van der Waals surface area (Å²) >= 11 is 7.78. The number of hydrogen-bond donors (Lipinski definition) is 1. The molecule has 122 valence electrons. The van der Waals surface area contributed by atoms with Crippen LogP contribution in [0.5, 0.6) is 0 Å². The number of carbonyl (C=O) groups is 1. The highest BCUT2D eigenvalue weighted by molar-refractivity contribution is 7.15. The highest BCUT2D eigenvalue weighted by atomic mass is 35.5. The third-order valence-corrected chi connectivity index (χ3v) is 4.99. The molecule has 3 aromatic rings. The second-order valence-corrected chi connectivity index (χ2v) is 6.97. The van der Waals surface area contributed by atoms with E-state index in [0.717, 1.165) is 26.7 Å². The van der Waals surface area contributed by atoms with Gasteiger partial charge in [0, 0.05) is 28.2 Å². The van der Waals surface area contributed by atoms with Gasteiger partial charge in [0.05, 0.1) is 0 Å². The molecule has 0 aliphatic rings. The first-order valence-corrected chi connectivity index (χ1v) is 8.66. The third-order valence-electron chi connectivity index (χ3n) is 3.53. The molecule has 4 nitrogen and oxygen atoms in total. The van der Waals surface area contributed by atoms with E-state index in [1.807, 2.05) is 44.2 Å². The van der Waals surface area contributed by atoms with Crippen LogP contribution in [-0.4, -0.2) is 15.9 Å². The fraction of sp³-hybridized carbons (Fsp3) is 0.167. The largest absolute Gasteiger partial charge is 0.296 e. The van der Waals surface area contributed by atoms with Crippen molar-refractivity contribution in [2.75, 3.05) is 5.32 Å². The third kappa shape index (κ3) is 3.80. The van der Waals surface area contributed by atoms with Crippen molar-refractivity contribution in [3.63, 3.8) is 0 Å². The zero-order valence-electron chi connectivity index (χ0n) is 13.3. The number of carbonyl (C=O) groups excluding carboxylic acids is 1. The Morgan fingerprint density at radius 2 is 2.00 bits per heavy atom. The van der Waals surface area contributed by atoms with Crippen LogP contribution in [-0.2, 0) is 6.42 Å². The number of pyridine rings is 1. The number of hydrogen-bond acceptors (Lipinski definition) is 4. The summed E-state index contributed by atoms with van der Waals surface area (Å²) in [5.41, 5.74) is 3.29. The van der Waals surface area contributed by atoms with Crippen LogP contribution in [0.1, 0.15) is 32.2 Å². The van der Waals surface area contributed by atoms with Gasteiger partial charge in [0.2, 0.25) is 0 Å². The summed E-state index contributed by atoms with van der Waals surface area (Å²) in [6, 6.07) is 11.3. The van der Waals surface area contributed by atoms with Crippen molar-refractivity contribution in [1.82, 2.24) is 9.97 Å². The summed E-state index contributed by atoms with van der Waals surface area (Å²) in [6.07, 6.45) is 2.46. The zero-order valence-corrected chi connectivity index (χ0v) is 14.9. The topological polar surface area (TPSA) is 54.9 Å². The predicted molar refractivity (Wildman–Crippen MR) is 98.0 cm³/mol. The van der Waals surface area contributed by atoms with Crippen molar-refractivity contribution in [3.05, 3.63) is 75.0 Å². The van der Waals surface area contributed by atoms with Gasteiger partial charge in [0.25, 0.3) is 5.91 Å². The van der Waals surface area contributed by atoms with E-state index in [9.17, 15) is 4.79 Å². The Kier molecular flexibility index (Phi) is 4.92. The van der Waals surface area contributed by atoms with Crippen molar-refractivity contribution in [1.29, 1.82) is 0 Å². The first-order chi connectivity index (χ1) is 11.5. The number of amides is 1. The minimum atomic E-state index is -0.256. The van der Waals surface area contributed by atoms with Crippen molar-refractivity contribution in [2.24, 2.45) is 0 Å². The molecule has 1 amide bonds. The number of nitrogens with zero attached hydrogens (tertiary/aromatic N) is 2. The maximum Gasteiger partial charge on any atom is 0.276 e. The highest BCUT2D eigenvalue weighted by Gasteiger charge is 2.12. The number of halogens is 1. The van der Waals surface area contributed by atoms with Gasteiger partial charge in [0.1, 0.15) is 5.69 Å². The molecule has 2 heterocycles. The van der Waals surface area contributed by atoms with E-state index >= 15 is 0 Å². The Morgan fingerprint density at radius 3 is 2.79 bits per heavy atom. The minimum absolute atomic E-state index is 0.256. The summed E-state index contributed by atoms with van der Waals surface area (Å²) in [4.78, 5) is 21.7. The minimum Gasteiger partial charge on any atom is -0.296 e. The van der Waals surface area contributed by atoms with E-state index < -0.39 is 0 Å². The van der Waals surface area contributed by atoms with E-state index in [-0.39, 0.29) is 5.91 Å². The van der Waals surface area contributed by atoms with E-state index in [0.29, 0.717) is 17.2 Å². The quantitative estimate of drug-likeness (QED) is 0.739. The Bertz CT molecular complexity index is 891. The smallest absolute Gasteiger partial charge is 0.276 e. The molecule has 1 aromatic carbocycles. The normalized spacial score (nSPS) is 10.6. The summed E-state index contributed by atoms with van der Waals surface area (Å²) in [5.74, 6) is -0.256. The van der Waals surface area contributed by atoms with Gasteiger partial charge in [-0.25, -0.2) is 9.97 Å². The average Bonchev–Trinajstić information content (AvgIpc) is 2.99. The van der Waals surface area contributed by atoms with E-state index in [1.165, 1.54) is 11.3 Å². The van der Waals surface area contributed by atoms with Gasteiger partial charge in [-0.3, -0.25) is 10.1 Å². The lowest BCUT2D eigenvalue weighted by Gasteiger charge is -2.04. The van der Waals surface area contributed by atoms with Gasteiger partial charge in [-0.15, -0.1) is 11.3 Å². The summed E-state index contributed by atoms with van der Waals surface area (Å²) in [5, 5.41) is 4.13. The molecule has 0 aliphatic carbocycles. The zero-order chi connectivity index (χ0) is 17.1. The van der Waals surface area contributed by atoms with E-state index in [2.05, 4.69) is 15.3 Å². The lowest BCUT2D eigenvalue weighted by atomic mass is 10.1. The van der Waals surface area contributed by atoms with Crippen LogP contribution in [0, 0.1) is 13.8 Å². The van der Waals surface area contributed by atoms with Crippen LogP contribution in [0.15, 0.2) is 42.6 Å². The van der Waals surface area contributed by atoms with Gasteiger partial charge in [-0.2, -0.15) is 0 Å². The fourth-order valence-electron chi connectivity index (χ4n) is 2.31. The van der Waals surface area contributed by atoms with Gasteiger partial charge < -0.3 is 0 Å².